The van der Waals surface area contributed by atoms with Crippen LogP contribution in [0.5, 0.6) is 0 Å². The molecule has 3 heteroatoms. The third-order valence-electron chi connectivity index (χ3n) is 10.3. The molecule has 3 nitrogen and oxygen atoms in total. The van der Waals surface area contributed by atoms with Crippen LogP contribution in [0.15, 0.2) is 174 Å². The van der Waals surface area contributed by atoms with Gasteiger partial charge in [0.25, 0.3) is 0 Å². The van der Waals surface area contributed by atoms with Gasteiger partial charge in [-0.3, -0.25) is 0 Å². The minimum absolute atomic E-state index is 0.908. The number of hydrogen-bond donors (Lipinski definition) is 0. The molecule has 11 rings (SSSR count). The van der Waals surface area contributed by atoms with E-state index >= 15 is 0 Å². The van der Waals surface area contributed by atoms with Crippen LogP contribution in [0.25, 0.3) is 98.8 Å². The Balaban J connectivity index is 1.24. The van der Waals surface area contributed by atoms with E-state index in [1.54, 1.807) is 0 Å². The summed E-state index contributed by atoms with van der Waals surface area (Å²) in [5.41, 5.74) is 11.3. The predicted octanol–water partition coefficient (Wildman–Crippen LogP) is 12.6. The summed E-state index contributed by atoms with van der Waals surface area (Å²) in [6.07, 6.45) is 0. The molecule has 0 saturated carbocycles. The fourth-order valence-corrected chi connectivity index (χ4v) is 8.28. The van der Waals surface area contributed by atoms with E-state index in [0.717, 1.165) is 38.9 Å². The van der Waals surface area contributed by atoms with Crippen LogP contribution in [-0.2, 0) is 0 Å². The van der Waals surface area contributed by atoms with Crippen molar-refractivity contribution in [3.8, 4) is 22.5 Å². The second-order valence-electron chi connectivity index (χ2n) is 12.9. The molecule has 0 fully saturated rings. The van der Waals surface area contributed by atoms with E-state index in [4.69, 9.17) is 4.42 Å². The van der Waals surface area contributed by atoms with E-state index < -0.39 is 0 Å². The van der Waals surface area contributed by atoms with Crippen LogP contribution in [0.1, 0.15) is 0 Å². The van der Waals surface area contributed by atoms with Gasteiger partial charge in [0.1, 0.15) is 11.2 Å². The third-order valence-corrected chi connectivity index (χ3v) is 10.3. The van der Waals surface area contributed by atoms with Crippen LogP contribution < -0.4 is 0 Å². The van der Waals surface area contributed by atoms with Gasteiger partial charge in [-0.25, -0.2) is 0 Å². The lowest BCUT2D eigenvalue weighted by Gasteiger charge is -2.11. The van der Waals surface area contributed by atoms with Crippen LogP contribution in [0.2, 0.25) is 0 Å². The molecule has 11 aromatic rings. The molecule has 49 heavy (non-hydrogen) atoms. The van der Waals surface area contributed by atoms with Crippen LogP contribution in [0.4, 0.5) is 0 Å². The largest absolute Gasteiger partial charge is 0.456 e. The molecule has 3 aromatic heterocycles. The highest BCUT2D eigenvalue weighted by Crippen LogP contribution is 2.44. The van der Waals surface area contributed by atoms with Gasteiger partial charge in [-0.2, -0.15) is 0 Å². The van der Waals surface area contributed by atoms with Crippen LogP contribution >= 0.6 is 0 Å². The first kappa shape index (κ1) is 26.5. The van der Waals surface area contributed by atoms with Gasteiger partial charge in [-0.15, -0.1) is 0 Å². The number of hydrogen-bond acceptors (Lipinski definition) is 1. The normalized spacial score (nSPS) is 12.1. The van der Waals surface area contributed by atoms with Crippen molar-refractivity contribution >= 4 is 76.3 Å². The van der Waals surface area contributed by atoms with E-state index in [-0.39, 0.29) is 0 Å². The molecule has 8 aromatic carbocycles. The summed E-state index contributed by atoms with van der Waals surface area (Å²) >= 11 is 0. The average Bonchev–Trinajstić information content (AvgIpc) is 3.83. The van der Waals surface area contributed by atoms with Crippen molar-refractivity contribution in [2.75, 3.05) is 0 Å². The highest BCUT2D eigenvalue weighted by molar-refractivity contribution is 6.31. The SMILES string of the molecule is c1ccc(-n2c3ccc4c(c5ccccc5n4-c4cccc(-c5cccc6oc7ccccc7c56)c4)c3c3ccc4ccccc4c32)cc1. The fraction of sp³-hybridized carbons (Fsp3) is 0. The molecule has 0 aliphatic heterocycles. The van der Waals surface area contributed by atoms with Crippen molar-refractivity contribution in [1.29, 1.82) is 0 Å². The van der Waals surface area contributed by atoms with Gasteiger partial charge in [0, 0.05) is 49.1 Å². The van der Waals surface area contributed by atoms with E-state index in [9.17, 15) is 0 Å². The molecule has 0 unspecified atom stereocenters. The molecular weight excluding hydrogens is 597 g/mol. The number of nitrogens with zero attached hydrogens (tertiary/aromatic N) is 2. The van der Waals surface area contributed by atoms with Gasteiger partial charge in [-0.1, -0.05) is 115 Å². The Morgan fingerprint density at radius 3 is 1.94 bits per heavy atom. The summed E-state index contributed by atoms with van der Waals surface area (Å²) in [5.74, 6) is 0. The van der Waals surface area contributed by atoms with Crippen molar-refractivity contribution in [2.24, 2.45) is 0 Å². The summed E-state index contributed by atoms with van der Waals surface area (Å²) in [7, 11) is 0. The summed E-state index contributed by atoms with van der Waals surface area (Å²) in [6.45, 7) is 0. The van der Waals surface area contributed by atoms with Gasteiger partial charge < -0.3 is 13.6 Å². The van der Waals surface area contributed by atoms with Crippen LogP contribution in [0.3, 0.4) is 0 Å². The van der Waals surface area contributed by atoms with E-state index in [2.05, 4.69) is 167 Å². The van der Waals surface area contributed by atoms with Gasteiger partial charge in [0.05, 0.1) is 22.1 Å². The number of para-hydroxylation sites is 3. The van der Waals surface area contributed by atoms with Crippen molar-refractivity contribution in [3.05, 3.63) is 170 Å². The summed E-state index contributed by atoms with van der Waals surface area (Å²) in [6, 6.07) is 61.2. The van der Waals surface area contributed by atoms with Crippen molar-refractivity contribution in [1.82, 2.24) is 9.13 Å². The molecule has 3 heterocycles. The average molecular weight is 625 g/mol. The summed E-state index contributed by atoms with van der Waals surface area (Å²) in [4.78, 5) is 0. The zero-order valence-electron chi connectivity index (χ0n) is 26.5. The Morgan fingerprint density at radius 2 is 1.04 bits per heavy atom. The molecule has 0 amide bonds. The Labute approximate surface area is 281 Å². The lowest BCUT2D eigenvalue weighted by molar-refractivity contribution is 0.669. The standard InChI is InChI=1S/C46H28N2O/c1-2-14-31(15-3-1)48-40-27-26-39-44(45(40)37-25-24-29-12-4-5-17-34(29)46(37)48)35-18-6-8-21-38(35)47(39)32-16-10-13-30(28-32)33-20-11-23-42-43(33)36-19-7-9-22-41(36)49-42/h1-28H. The van der Waals surface area contributed by atoms with Gasteiger partial charge in [-0.05, 0) is 71.1 Å². The van der Waals surface area contributed by atoms with Crippen molar-refractivity contribution in [3.63, 3.8) is 0 Å². The highest BCUT2D eigenvalue weighted by atomic mass is 16.3. The summed E-state index contributed by atoms with van der Waals surface area (Å²) in [5, 5.41) is 9.85. The fourth-order valence-electron chi connectivity index (χ4n) is 8.28. The Morgan fingerprint density at radius 1 is 0.367 bits per heavy atom. The molecule has 0 N–H and O–H groups in total. The number of fused-ring (bicyclic) bond motifs is 12. The number of furan rings is 1. The Hall–Kier alpha value is -6.58. The van der Waals surface area contributed by atoms with E-state index in [1.807, 2.05) is 12.1 Å². The maximum absolute atomic E-state index is 6.26. The van der Waals surface area contributed by atoms with E-state index in [1.165, 1.54) is 59.9 Å². The zero-order valence-corrected chi connectivity index (χ0v) is 26.5. The molecule has 0 saturated heterocycles. The Kier molecular flexibility index (Phi) is 5.38. The number of rotatable bonds is 3. The minimum Gasteiger partial charge on any atom is -0.456 e. The maximum Gasteiger partial charge on any atom is 0.136 e. The molecular formula is C46H28N2O. The van der Waals surface area contributed by atoms with Gasteiger partial charge >= 0.3 is 0 Å². The second kappa shape index (κ2) is 9.96. The summed E-state index contributed by atoms with van der Waals surface area (Å²) < 4.78 is 11.2. The topological polar surface area (TPSA) is 23.0 Å². The number of aromatic nitrogens is 2. The van der Waals surface area contributed by atoms with Gasteiger partial charge in [0.2, 0.25) is 0 Å². The van der Waals surface area contributed by atoms with E-state index in [0.29, 0.717) is 0 Å². The lowest BCUT2D eigenvalue weighted by atomic mass is 9.99. The molecule has 0 aliphatic carbocycles. The number of benzene rings is 8. The molecule has 0 atom stereocenters. The minimum atomic E-state index is 0.908. The molecule has 0 radical (unpaired) electrons. The Bertz CT molecular complexity index is 3100. The molecule has 0 spiro atoms. The molecule has 228 valence electrons. The third kappa shape index (κ3) is 3.67. The van der Waals surface area contributed by atoms with Crippen molar-refractivity contribution in [2.45, 2.75) is 0 Å². The first-order valence-corrected chi connectivity index (χ1v) is 16.8. The second-order valence-corrected chi connectivity index (χ2v) is 12.9. The quantitative estimate of drug-likeness (QED) is 0.192. The highest BCUT2D eigenvalue weighted by Gasteiger charge is 2.22. The smallest absolute Gasteiger partial charge is 0.136 e. The van der Waals surface area contributed by atoms with Crippen molar-refractivity contribution < 1.29 is 4.42 Å². The first-order valence-electron chi connectivity index (χ1n) is 16.8. The first-order chi connectivity index (χ1) is 24.3. The maximum atomic E-state index is 6.26. The zero-order chi connectivity index (χ0) is 32.1. The van der Waals surface area contributed by atoms with Crippen LogP contribution in [-0.4, -0.2) is 9.13 Å². The molecule has 0 aliphatic rings. The lowest BCUT2D eigenvalue weighted by Crippen LogP contribution is -1.95. The monoisotopic (exact) mass is 624 g/mol. The van der Waals surface area contributed by atoms with Gasteiger partial charge in [0.15, 0.2) is 0 Å². The molecule has 0 bridgehead atoms. The predicted molar refractivity (Wildman–Crippen MR) is 205 cm³/mol. The van der Waals surface area contributed by atoms with Crippen LogP contribution in [0, 0.1) is 0 Å².